The Morgan fingerprint density at radius 2 is 1.34 bits per heavy atom. The first kappa shape index (κ1) is 20.2. The van der Waals surface area contributed by atoms with E-state index in [9.17, 15) is 13.2 Å². The Morgan fingerprint density at radius 1 is 0.759 bits per heavy atom. The molecule has 0 saturated heterocycles. The van der Waals surface area contributed by atoms with Crippen molar-refractivity contribution in [2.24, 2.45) is 0 Å². The van der Waals surface area contributed by atoms with Crippen LogP contribution >= 0.6 is 0 Å². The Morgan fingerprint density at radius 3 is 1.90 bits per heavy atom. The molecule has 0 aliphatic heterocycles. The third-order valence-electron chi connectivity index (χ3n) is 4.10. The van der Waals surface area contributed by atoms with E-state index in [1.807, 2.05) is 0 Å². The highest BCUT2D eigenvalue weighted by Crippen LogP contribution is 2.29. The van der Waals surface area contributed by atoms with Gasteiger partial charge in [0.05, 0.1) is 19.1 Å². The highest BCUT2D eigenvalue weighted by atomic mass is 32.2. The van der Waals surface area contributed by atoms with E-state index in [4.69, 9.17) is 9.47 Å². The summed E-state index contributed by atoms with van der Waals surface area (Å²) in [6, 6.07) is 19.5. The summed E-state index contributed by atoms with van der Waals surface area (Å²) < 4.78 is 38.0. The highest BCUT2D eigenvalue weighted by Gasteiger charge is 2.19. The smallest absolute Gasteiger partial charge is 0.263 e. The quantitative estimate of drug-likeness (QED) is 0.616. The zero-order chi connectivity index (χ0) is 20.9. The average Bonchev–Trinajstić information content (AvgIpc) is 2.73. The molecule has 0 unspecified atom stereocenters. The molecule has 2 N–H and O–H groups in total. The molecule has 150 valence electrons. The second kappa shape index (κ2) is 8.66. The van der Waals surface area contributed by atoms with Gasteiger partial charge in [0.2, 0.25) is 0 Å². The monoisotopic (exact) mass is 412 g/mol. The van der Waals surface area contributed by atoms with Gasteiger partial charge in [-0.15, -0.1) is 0 Å². The first-order valence-electron chi connectivity index (χ1n) is 8.65. The number of methoxy groups -OCH3 is 2. The van der Waals surface area contributed by atoms with Crippen molar-refractivity contribution < 1.29 is 22.7 Å². The van der Waals surface area contributed by atoms with Crippen LogP contribution < -0.4 is 19.5 Å². The number of sulfonamides is 1. The van der Waals surface area contributed by atoms with Crippen molar-refractivity contribution >= 4 is 27.3 Å². The van der Waals surface area contributed by atoms with E-state index in [2.05, 4.69) is 10.0 Å². The summed E-state index contributed by atoms with van der Waals surface area (Å²) in [6.45, 7) is 0. The van der Waals surface area contributed by atoms with Crippen molar-refractivity contribution in [1.29, 1.82) is 0 Å². The van der Waals surface area contributed by atoms with Crippen LogP contribution in [0, 0.1) is 0 Å². The van der Waals surface area contributed by atoms with Gasteiger partial charge in [-0.25, -0.2) is 8.42 Å². The second-order valence-corrected chi connectivity index (χ2v) is 7.67. The van der Waals surface area contributed by atoms with Gasteiger partial charge < -0.3 is 14.8 Å². The van der Waals surface area contributed by atoms with Crippen molar-refractivity contribution in [2.45, 2.75) is 4.90 Å². The number of amides is 1. The van der Waals surface area contributed by atoms with Crippen molar-refractivity contribution in [3.05, 3.63) is 78.4 Å². The highest BCUT2D eigenvalue weighted by molar-refractivity contribution is 7.92. The maximum absolute atomic E-state index is 12.7. The van der Waals surface area contributed by atoms with E-state index < -0.39 is 15.9 Å². The SMILES string of the molecule is COc1cccc(OC)c1C(=O)Nc1ccc(S(=O)(=O)Nc2ccccc2)cc1. The van der Waals surface area contributed by atoms with Crippen LogP contribution in [-0.4, -0.2) is 28.5 Å². The topological polar surface area (TPSA) is 93.7 Å². The summed E-state index contributed by atoms with van der Waals surface area (Å²) in [5.74, 6) is 0.304. The minimum absolute atomic E-state index is 0.0780. The maximum Gasteiger partial charge on any atom is 0.263 e. The molecule has 0 aliphatic rings. The van der Waals surface area contributed by atoms with E-state index in [1.54, 1.807) is 48.5 Å². The number of hydrogen-bond acceptors (Lipinski definition) is 5. The molecule has 8 heteroatoms. The van der Waals surface area contributed by atoms with Crippen LogP contribution in [0.25, 0.3) is 0 Å². The van der Waals surface area contributed by atoms with E-state index in [0.717, 1.165) is 0 Å². The number of carbonyl (C=O) groups excluding carboxylic acids is 1. The lowest BCUT2D eigenvalue weighted by Crippen LogP contribution is -2.15. The standard InChI is InChI=1S/C21H20N2O5S/c1-27-18-9-6-10-19(28-2)20(18)21(24)22-15-11-13-17(14-12-15)29(25,26)23-16-7-4-3-5-8-16/h3-14,23H,1-2H3,(H,22,24). The van der Waals surface area contributed by atoms with E-state index in [0.29, 0.717) is 22.9 Å². The summed E-state index contributed by atoms with van der Waals surface area (Å²) in [5, 5.41) is 2.72. The first-order valence-corrected chi connectivity index (χ1v) is 10.1. The van der Waals surface area contributed by atoms with Gasteiger partial charge in [0, 0.05) is 11.4 Å². The fourth-order valence-corrected chi connectivity index (χ4v) is 3.76. The van der Waals surface area contributed by atoms with Crippen LogP contribution in [0.3, 0.4) is 0 Å². The number of hydrogen-bond donors (Lipinski definition) is 2. The number of benzene rings is 3. The predicted octanol–water partition coefficient (Wildman–Crippen LogP) is 3.76. The van der Waals surface area contributed by atoms with Crippen LogP contribution in [-0.2, 0) is 10.0 Å². The molecule has 0 radical (unpaired) electrons. The van der Waals surface area contributed by atoms with Gasteiger partial charge in [0.15, 0.2) is 0 Å². The molecule has 0 aliphatic carbocycles. The summed E-state index contributed by atoms with van der Waals surface area (Å²) in [5.41, 5.74) is 1.15. The predicted molar refractivity (Wildman–Crippen MR) is 111 cm³/mol. The van der Waals surface area contributed by atoms with Crippen molar-refractivity contribution in [1.82, 2.24) is 0 Å². The number of carbonyl (C=O) groups is 1. The number of para-hydroxylation sites is 1. The van der Waals surface area contributed by atoms with Crippen LogP contribution in [0.1, 0.15) is 10.4 Å². The Hall–Kier alpha value is -3.52. The van der Waals surface area contributed by atoms with E-state index in [1.165, 1.54) is 38.5 Å². The zero-order valence-corrected chi connectivity index (χ0v) is 16.7. The molecule has 0 bridgehead atoms. The van der Waals surface area contributed by atoms with Gasteiger partial charge in [0.25, 0.3) is 15.9 Å². The molecule has 29 heavy (non-hydrogen) atoms. The number of ether oxygens (including phenoxy) is 2. The van der Waals surface area contributed by atoms with Crippen molar-refractivity contribution in [3.8, 4) is 11.5 Å². The Balaban J connectivity index is 1.78. The van der Waals surface area contributed by atoms with Crippen LogP contribution in [0.15, 0.2) is 77.7 Å². The molecule has 3 aromatic rings. The summed E-state index contributed by atoms with van der Waals surface area (Å²) in [4.78, 5) is 12.8. The molecule has 3 rings (SSSR count). The molecule has 3 aromatic carbocycles. The van der Waals surface area contributed by atoms with Crippen LogP contribution in [0.5, 0.6) is 11.5 Å². The van der Waals surface area contributed by atoms with Crippen molar-refractivity contribution in [3.63, 3.8) is 0 Å². The van der Waals surface area contributed by atoms with Gasteiger partial charge in [-0.1, -0.05) is 24.3 Å². The average molecular weight is 412 g/mol. The lowest BCUT2D eigenvalue weighted by molar-refractivity contribution is 0.102. The molecule has 7 nitrogen and oxygen atoms in total. The van der Waals surface area contributed by atoms with Crippen LogP contribution in [0.4, 0.5) is 11.4 Å². The molecular formula is C21H20N2O5S. The molecule has 0 atom stereocenters. The van der Waals surface area contributed by atoms with Gasteiger partial charge in [-0.05, 0) is 48.5 Å². The molecule has 0 aromatic heterocycles. The number of rotatable bonds is 7. The fraction of sp³-hybridized carbons (Fsp3) is 0.0952. The van der Waals surface area contributed by atoms with Gasteiger partial charge in [-0.3, -0.25) is 9.52 Å². The molecular weight excluding hydrogens is 392 g/mol. The Bertz CT molecular complexity index is 1080. The molecule has 1 amide bonds. The Kier molecular flexibility index (Phi) is 6.04. The fourth-order valence-electron chi connectivity index (χ4n) is 2.71. The third kappa shape index (κ3) is 4.67. The van der Waals surface area contributed by atoms with Gasteiger partial charge >= 0.3 is 0 Å². The summed E-state index contributed by atoms with van der Waals surface area (Å²) >= 11 is 0. The maximum atomic E-state index is 12.7. The van der Waals surface area contributed by atoms with Gasteiger partial charge in [-0.2, -0.15) is 0 Å². The molecule has 0 heterocycles. The van der Waals surface area contributed by atoms with Crippen LogP contribution in [0.2, 0.25) is 0 Å². The largest absolute Gasteiger partial charge is 0.496 e. The molecule has 0 fully saturated rings. The minimum Gasteiger partial charge on any atom is -0.496 e. The first-order chi connectivity index (χ1) is 13.9. The zero-order valence-electron chi connectivity index (χ0n) is 15.9. The lowest BCUT2D eigenvalue weighted by atomic mass is 10.1. The number of anilines is 2. The number of nitrogens with one attached hydrogen (secondary N) is 2. The molecule has 0 spiro atoms. The Labute approximate surface area is 169 Å². The normalized spacial score (nSPS) is 10.8. The third-order valence-corrected chi connectivity index (χ3v) is 5.50. The van der Waals surface area contributed by atoms with E-state index >= 15 is 0 Å². The molecule has 0 saturated carbocycles. The van der Waals surface area contributed by atoms with Gasteiger partial charge in [0.1, 0.15) is 17.1 Å². The lowest BCUT2D eigenvalue weighted by Gasteiger charge is -2.13. The van der Waals surface area contributed by atoms with E-state index in [-0.39, 0.29) is 10.5 Å². The second-order valence-electron chi connectivity index (χ2n) is 5.99. The summed E-state index contributed by atoms with van der Waals surface area (Å²) in [7, 11) is -0.808. The summed E-state index contributed by atoms with van der Waals surface area (Å²) in [6.07, 6.45) is 0. The minimum atomic E-state index is -3.73. The van der Waals surface area contributed by atoms with Crippen molar-refractivity contribution in [2.75, 3.05) is 24.3 Å².